The quantitative estimate of drug-likeness (QED) is 0.915. The third-order valence-corrected chi connectivity index (χ3v) is 5.65. The van der Waals surface area contributed by atoms with E-state index in [1.54, 1.807) is 0 Å². The summed E-state index contributed by atoms with van der Waals surface area (Å²) in [7, 11) is 0. The Labute approximate surface area is 143 Å². The smallest absolute Gasteiger partial charge is 0.0845 e. The number of fused-ring (bicyclic) bond motifs is 1. The van der Waals surface area contributed by atoms with E-state index in [1.807, 2.05) is 12.1 Å². The number of likely N-dealkylation sites (tertiary alicyclic amines) is 1. The first kappa shape index (κ1) is 16.8. The number of aromatic nitrogens is 1. The average Bonchev–Trinajstić information content (AvgIpc) is 2.76. The van der Waals surface area contributed by atoms with Gasteiger partial charge < -0.3 is 14.6 Å². The minimum absolute atomic E-state index is 0.367. The molecule has 2 aromatic rings. The number of rotatable bonds is 4. The zero-order chi connectivity index (χ0) is 16.6. The number of halogens is 1. The van der Waals surface area contributed by atoms with Gasteiger partial charge in [-0.05, 0) is 57.3 Å². The van der Waals surface area contributed by atoms with Crippen LogP contribution in [-0.4, -0.2) is 40.3 Å². The summed E-state index contributed by atoms with van der Waals surface area (Å²) in [5.74, 6) is 0.820. The fourth-order valence-electron chi connectivity index (χ4n) is 3.70. The Hall–Kier alpha value is -1.03. The Bertz CT molecular complexity index is 686. The number of benzene rings is 1. The first-order valence-electron chi connectivity index (χ1n) is 8.61. The summed E-state index contributed by atoms with van der Waals surface area (Å²) in [4.78, 5) is 2.39. The number of hydrogen-bond donors (Lipinski definition) is 1. The van der Waals surface area contributed by atoms with Gasteiger partial charge in [0.2, 0.25) is 0 Å². The molecule has 126 valence electrons. The second-order valence-electron chi connectivity index (χ2n) is 7.09. The summed E-state index contributed by atoms with van der Waals surface area (Å²) in [6, 6.07) is 6.03. The molecule has 0 radical (unpaired) electrons. The van der Waals surface area contributed by atoms with Crippen molar-refractivity contribution in [1.29, 1.82) is 0 Å². The van der Waals surface area contributed by atoms with Gasteiger partial charge in [-0.3, -0.25) is 0 Å². The maximum atomic E-state index is 10.6. The van der Waals surface area contributed by atoms with Crippen LogP contribution in [0.2, 0.25) is 5.02 Å². The highest BCUT2D eigenvalue weighted by atomic mass is 35.5. The molecule has 1 atom stereocenters. The van der Waals surface area contributed by atoms with Crippen molar-refractivity contribution in [1.82, 2.24) is 9.47 Å². The minimum Gasteiger partial charge on any atom is -0.390 e. The summed E-state index contributed by atoms with van der Waals surface area (Å²) >= 11 is 6.43. The average molecular weight is 335 g/mol. The molecule has 0 bridgehead atoms. The van der Waals surface area contributed by atoms with Gasteiger partial charge in [-0.2, -0.15) is 0 Å². The molecule has 1 aromatic heterocycles. The third-order valence-electron chi connectivity index (χ3n) is 5.35. The van der Waals surface area contributed by atoms with E-state index >= 15 is 0 Å². The lowest BCUT2D eigenvalue weighted by Crippen LogP contribution is -2.39. The van der Waals surface area contributed by atoms with Gasteiger partial charge in [-0.25, -0.2) is 0 Å². The van der Waals surface area contributed by atoms with Crippen LogP contribution in [0, 0.1) is 19.8 Å². The highest BCUT2D eigenvalue weighted by molar-refractivity contribution is 6.35. The van der Waals surface area contributed by atoms with Crippen LogP contribution < -0.4 is 0 Å². The molecule has 0 saturated carbocycles. The lowest BCUT2D eigenvalue weighted by molar-refractivity contribution is 0.0806. The summed E-state index contributed by atoms with van der Waals surface area (Å²) in [6.07, 6.45) is 2.11. The normalized spacial score (nSPS) is 18.7. The molecule has 3 rings (SSSR count). The molecule has 23 heavy (non-hydrogen) atoms. The zero-order valence-corrected chi connectivity index (χ0v) is 15.1. The largest absolute Gasteiger partial charge is 0.390 e. The third kappa shape index (κ3) is 3.42. The summed E-state index contributed by atoms with van der Waals surface area (Å²) in [5.41, 5.74) is 3.50. The second-order valence-corrected chi connectivity index (χ2v) is 7.50. The van der Waals surface area contributed by atoms with Crippen molar-refractivity contribution in [2.24, 2.45) is 5.92 Å². The van der Waals surface area contributed by atoms with Gasteiger partial charge >= 0.3 is 0 Å². The second kappa shape index (κ2) is 6.84. The van der Waals surface area contributed by atoms with Crippen molar-refractivity contribution in [2.45, 2.75) is 46.3 Å². The Morgan fingerprint density at radius 1 is 1.22 bits per heavy atom. The maximum Gasteiger partial charge on any atom is 0.0845 e. The van der Waals surface area contributed by atoms with Crippen molar-refractivity contribution < 1.29 is 5.11 Å². The van der Waals surface area contributed by atoms with E-state index in [0.717, 1.165) is 36.1 Å². The van der Waals surface area contributed by atoms with Crippen molar-refractivity contribution in [2.75, 3.05) is 19.6 Å². The van der Waals surface area contributed by atoms with Crippen molar-refractivity contribution in [3.8, 4) is 0 Å². The minimum atomic E-state index is -0.367. The zero-order valence-electron chi connectivity index (χ0n) is 14.3. The number of nitrogens with zero attached hydrogens (tertiary/aromatic N) is 2. The lowest BCUT2D eigenvalue weighted by atomic mass is 9.99. The van der Waals surface area contributed by atoms with E-state index in [2.05, 4.69) is 36.3 Å². The van der Waals surface area contributed by atoms with Gasteiger partial charge in [0.1, 0.15) is 0 Å². The van der Waals surface area contributed by atoms with Crippen LogP contribution in [0.15, 0.2) is 18.2 Å². The van der Waals surface area contributed by atoms with Crippen LogP contribution in [0.5, 0.6) is 0 Å². The molecule has 0 amide bonds. The van der Waals surface area contributed by atoms with Gasteiger partial charge in [0.05, 0.1) is 23.2 Å². The van der Waals surface area contributed by atoms with Crippen LogP contribution in [0.3, 0.4) is 0 Å². The molecule has 0 unspecified atom stereocenters. The summed E-state index contributed by atoms with van der Waals surface area (Å²) in [5, 5.41) is 12.5. The maximum absolute atomic E-state index is 10.6. The van der Waals surface area contributed by atoms with Gasteiger partial charge in [0.25, 0.3) is 0 Å². The molecule has 0 aliphatic carbocycles. The predicted molar refractivity (Wildman–Crippen MR) is 97.3 cm³/mol. The Morgan fingerprint density at radius 3 is 2.61 bits per heavy atom. The highest BCUT2D eigenvalue weighted by Gasteiger charge is 2.20. The number of aliphatic hydroxyl groups excluding tert-OH is 1. The summed E-state index contributed by atoms with van der Waals surface area (Å²) < 4.78 is 2.18. The number of β-amino-alcohol motifs (C(OH)–C–C–N with tert-alkyl or cyclic N) is 1. The van der Waals surface area contributed by atoms with E-state index in [9.17, 15) is 5.11 Å². The number of hydrogen-bond acceptors (Lipinski definition) is 2. The molecule has 1 aliphatic heterocycles. The molecule has 1 aromatic carbocycles. The van der Waals surface area contributed by atoms with Crippen molar-refractivity contribution in [3.63, 3.8) is 0 Å². The SMILES string of the molecule is Cc1c(C)n(C[C@H](O)CN2CCC(C)CC2)c2c(Cl)cccc12. The predicted octanol–water partition coefficient (Wildman–Crippen LogP) is 4.00. The standard InChI is InChI=1S/C19H27ClN2O/c1-13-7-9-21(10-8-13)11-16(23)12-22-15(3)14(2)17-5-4-6-18(20)19(17)22/h4-6,13,16,23H,7-12H2,1-3H3/t16-/m1/s1. The fourth-order valence-corrected chi connectivity index (χ4v) is 3.97. The van der Waals surface area contributed by atoms with Gasteiger partial charge in [-0.1, -0.05) is 30.7 Å². The van der Waals surface area contributed by atoms with Crippen LogP contribution in [0.25, 0.3) is 10.9 Å². The number of para-hydroxylation sites is 1. The molecule has 1 saturated heterocycles. The van der Waals surface area contributed by atoms with Crippen LogP contribution in [-0.2, 0) is 6.54 Å². The van der Waals surface area contributed by atoms with Gasteiger partial charge in [0.15, 0.2) is 0 Å². The number of piperidine rings is 1. The Kier molecular flexibility index (Phi) is 5.00. The molecule has 1 aliphatic rings. The number of aryl methyl sites for hydroxylation is 1. The molecule has 2 heterocycles. The Morgan fingerprint density at radius 2 is 1.91 bits per heavy atom. The van der Waals surface area contributed by atoms with Crippen LogP contribution in [0.1, 0.15) is 31.0 Å². The molecular formula is C19H27ClN2O. The summed E-state index contributed by atoms with van der Waals surface area (Å²) in [6.45, 7) is 10.1. The van der Waals surface area contributed by atoms with E-state index in [1.165, 1.54) is 29.5 Å². The first-order valence-corrected chi connectivity index (χ1v) is 8.99. The van der Waals surface area contributed by atoms with Crippen molar-refractivity contribution >= 4 is 22.5 Å². The number of aliphatic hydroxyl groups is 1. The van der Waals surface area contributed by atoms with E-state index in [4.69, 9.17) is 11.6 Å². The van der Waals surface area contributed by atoms with E-state index < -0.39 is 0 Å². The first-order chi connectivity index (χ1) is 11.0. The topological polar surface area (TPSA) is 28.4 Å². The molecule has 1 N–H and O–H groups in total. The molecule has 0 spiro atoms. The van der Waals surface area contributed by atoms with E-state index in [-0.39, 0.29) is 6.10 Å². The van der Waals surface area contributed by atoms with Gasteiger partial charge in [-0.15, -0.1) is 0 Å². The molecule has 3 nitrogen and oxygen atoms in total. The van der Waals surface area contributed by atoms with Crippen molar-refractivity contribution in [3.05, 3.63) is 34.5 Å². The molecule has 1 fully saturated rings. The highest BCUT2D eigenvalue weighted by Crippen LogP contribution is 2.31. The monoisotopic (exact) mass is 334 g/mol. The molecule has 4 heteroatoms. The van der Waals surface area contributed by atoms with Crippen LogP contribution >= 0.6 is 11.6 Å². The molecular weight excluding hydrogens is 308 g/mol. The van der Waals surface area contributed by atoms with Crippen LogP contribution in [0.4, 0.5) is 0 Å². The van der Waals surface area contributed by atoms with E-state index in [0.29, 0.717) is 6.54 Å². The van der Waals surface area contributed by atoms with Gasteiger partial charge in [0, 0.05) is 17.6 Å². The Balaban J connectivity index is 1.77. The lowest BCUT2D eigenvalue weighted by Gasteiger charge is -2.31. The fraction of sp³-hybridized carbons (Fsp3) is 0.579.